The van der Waals surface area contributed by atoms with Crippen LogP contribution >= 0.6 is 0 Å². The molecule has 122 valence electrons. The lowest BCUT2D eigenvalue weighted by Gasteiger charge is -2.39. The number of nitrogens with one attached hydrogen (secondary N) is 1. The third-order valence-electron chi connectivity index (χ3n) is 4.32. The standard InChI is InChI=1S/C18H23N3O2/c1-13(2)17-16-5-4-10-20(16)11-12-21(17)18(22)19-14-6-8-15(23-3)9-7-14/h4-10,13,17H,11-12H2,1-3H3,(H,19,22). The molecule has 0 fully saturated rings. The zero-order chi connectivity index (χ0) is 16.4. The van der Waals surface area contributed by atoms with Crippen LogP contribution in [0.1, 0.15) is 25.6 Å². The van der Waals surface area contributed by atoms with Crippen LogP contribution in [0.3, 0.4) is 0 Å². The lowest BCUT2D eigenvalue weighted by atomic mass is 9.97. The van der Waals surface area contributed by atoms with Crippen molar-refractivity contribution in [3.63, 3.8) is 0 Å². The quantitative estimate of drug-likeness (QED) is 0.938. The second kappa shape index (κ2) is 6.36. The minimum Gasteiger partial charge on any atom is -0.497 e. The number of ether oxygens (including phenoxy) is 1. The summed E-state index contributed by atoms with van der Waals surface area (Å²) in [6, 6.07) is 11.6. The molecular formula is C18H23N3O2. The number of benzene rings is 1. The lowest BCUT2D eigenvalue weighted by molar-refractivity contribution is 0.144. The molecule has 0 bridgehead atoms. The number of carbonyl (C=O) groups is 1. The molecule has 0 saturated carbocycles. The van der Waals surface area contributed by atoms with E-state index in [2.05, 4.69) is 42.1 Å². The van der Waals surface area contributed by atoms with E-state index in [1.54, 1.807) is 7.11 Å². The van der Waals surface area contributed by atoms with E-state index < -0.39 is 0 Å². The molecule has 1 aliphatic rings. The number of amides is 2. The highest BCUT2D eigenvalue weighted by Crippen LogP contribution is 2.32. The van der Waals surface area contributed by atoms with Gasteiger partial charge in [-0.1, -0.05) is 13.8 Å². The van der Waals surface area contributed by atoms with Crippen molar-refractivity contribution in [2.75, 3.05) is 19.0 Å². The first-order valence-electron chi connectivity index (χ1n) is 7.97. The van der Waals surface area contributed by atoms with Crippen molar-refractivity contribution in [3.8, 4) is 5.75 Å². The fourth-order valence-electron chi connectivity index (χ4n) is 3.21. The number of carbonyl (C=O) groups excluding carboxylic acids is 1. The highest BCUT2D eigenvalue weighted by atomic mass is 16.5. The number of hydrogen-bond donors (Lipinski definition) is 1. The molecule has 23 heavy (non-hydrogen) atoms. The number of anilines is 1. The van der Waals surface area contributed by atoms with Crippen molar-refractivity contribution >= 4 is 11.7 Å². The molecule has 1 aliphatic heterocycles. The first-order chi connectivity index (χ1) is 11.1. The molecule has 1 atom stereocenters. The van der Waals surface area contributed by atoms with Gasteiger partial charge in [-0.15, -0.1) is 0 Å². The summed E-state index contributed by atoms with van der Waals surface area (Å²) in [4.78, 5) is 14.7. The van der Waals surface area contributed by atoms with E-state index >= 15 is 0 Å². The first-order valence-corrected chi connectivity index (χ1v) is 7.97. The Morgan fingerprint density at radius 3 is 2.61 bits per heavy atom. The van der Waals surface area contributed by atoms with Crippen molar-refractivity contribution in [2.45, 2.75) is 26.4 Å². The van der Waals surface area contributed by atoms with Gasteiger partial charge in [-0.3, -0.25) is 0 Å². The number of methoxy groups -OCH3 is 1. The SMILES string of the molecule is COc1ccc(NC(=O)N2CCn3cccc3C2C(C)C)cc1. The number of hydrogen-bond acceptors (Lipinski definition) is 2. The van der Waals surface area contributed by atoms with Gasteiger partial charge < -0.3 is 19.5 Å². The summed E-state index contributed by atoms with van der Waals surface area (Å²) >= 11 is 0. The molecule has 1 N–H and O–H groups in total. The fraction of sp³-hybridized carbons (Fsp3) is 0.389. The van der Waals surface area contributed by atoms with Gasteiger partial charge in [-0.05, 0) is 42.3 Å². The predicted molar refractivity (Wildman–Crippen MR) is 90.7 cm³/mol. The van der Waals surface area contributed by atoms with Gasteiger partial charge in [-0.25, -0.2) is 4.79 Å². The van der Waals surface area contributed by atoms with Gasteiger partial charge in [0.25, 0.3) is 0 Å². The van der Waals surface area contributed by atoms with Gasteiger partial charge >= 0.3 is 6.03 Å². The summed E-state index contributed by atoms with van der Waals surface area (Å²) < 4.78 is 7.38. The Balaban J connectivity index is 1.78. The molecule has 1 aromatic carbocycles. The molecule has 2 amide bonds. The van der Waals surface area contributed by atoms with E-state index in [4.69, 9.17) is 4.74 Å². The van der Waals surface area contributed by atoms with Crippen molar-refractivity contribution in [3.05, 3.63) is 48.3 Å². The predicted octanol–water partition coefficient (Wildman–Crippen LogP) is 3.74. The average molecular weight is 313 g/mol. The van der Waals surface area contributed by atoms with Crippen LogP contribution in [0, 0.1) is 5.92 Å². The van der Waals surface area contributed by atoms with Gasteiger partial charge in [0.05, 0.1) is 13.2 Å². The summed E-state index contributed by atoms with van der Waals surface area (Å²) in [5.74, 6) is 1.13. The van der Waals surface area contributed by atoms with Crippen molar-refractivity contribution < 1.29 is 9.53 Å². The lowest BCUT2D eigenvalue weighted by Crippen LogP contribution is -2.45. The minimum atomic E-state index is -0.0543. The molecule has 5 heteroatoms. The minimum absolute atomic E-state index is 0.0543. The van der Waals surface area contributed by atoms with Gasteiger partial charge in [0, 0.05) is 30.7 Å². The Bertz CT molecular complexity index is 676. The van der Waals surface area contributed by atoms with Crippen molar-refractivity contribution in [2.24, 2.45) is 5.92 Å². The van der Waals surface area contributed by atoms with Gasteiger partial charge in [-0.2, -0.15) is 0 Å². The van der Waals surface area contributed by atoms with Crippen molar-refractivity contribution in [1.29, 1.82) is 0 Å². The summed E-state index contributed by atoms with van der Waals surface area (Å²) in [5.41, 5.74) is 1.98. The Morgan fingerprint density at radius 1 is 1.22 bits per heavy atom. The van der Waals surface area contributed by atoms with E-state index in [-0.39, 0.29) is 12.1 Å². The third kappa shape index (κ3) is 3.04. The molecule has 5 nitrogen and oxygen atoms in total. The van der Waals surface area contributed by atoms with Crippen LogP contribution in [0.4, 0.5) is 10.5 Å². The zero-order valence-electron chi connectivity index (χ0n) is 13.8. The van der Waals surface area contributed by atoms with Crippen LogP contribution in [0.2, 0.25) is 0 Å². The van der Waals surface area contributed by atoms with Crippen LogP contribution in [0.15, 0.2) is 42.6 Å². The number of rotatable bonds is 3. The highest BCUT2D eigenvalue weighted by molar-refractivity contribution is 5.89. The average Bonchev–Trinajstić information content (AvgIpc) is 3.02. The maximum atomic E-state index is 12.7. The van der Waals surface area contributed by atoms with Crippen LogP contribution in [-0.4, -0.2) is 29.2 Å². The molecule has 2 aromatic rings. The van der Waals surface area contributed by atoms with Gasteiger partial charge in [0.2, 0.25) is 0 Å². The summed E-state index contributed by atoms with van der Waals surface area (Å²) in [6.45, 7) is 5.86. The largest absolute Gasteiger partial charge is 0.497 e. The number of nitrogens with zero attached hydrogens (tertiary/aromatic N) is 2. The summed E-state index contributed by atoms with van der Waals surface area (Å²) in [6.07, 6.45) is 2.09. The first kappa shape index (κ1) is 15.5. The molecule has 2 heterocycles. The van der Waals surface area contributed by atoms with E-state index in [0.717, 1.165) is 18.0 Å². The maximum Gasteiger partial charge on any atom is 0.322 e. The number of urea groups is 1. The van der Waals surface area contributed by atoms with E-state index in [9.17, 15) is 4.79 Å². The molecule has 3 rings (SSSR count). The highest BCUT2D eigenvalue weighted by Gasteiger charge is 2.32. The Kier molecular flexibility index (Phi) is 4.28. The zero-order valence-corrected chi connectivity index (χ0v) is 13.8. The summed E-state index contributed by atoms with van der Waals surface area (Å²) in [7, 11) is 1.63. The molecule has 1 unspecified atom stereocenters. The second-order valence-corrected chi connectivity index (χ2v) is 6.17. The van der Waals surface area contributed by atoms with Gasteiger partial charge in [0.1, 0.15) is 5.75 Å². The van der Waals surface area contributed by atoms with Crippen LogP contribution < -0.4 is 10.1 Å². The number of fused-ring (bicyclic) bond motifs is 1. The van der Waals surface area contributed by atoms with Crippen LogP contribution in [0.25, 0.3) is 0 Å². The van der Waals surface area contributed by atoms with Crippen LogP contribution in [0.5, 0.6) is 5.75 Å². The van der Waals surface area contributed by atoms with Crippen LogP contribution in [-0.2, 0) is 6.54 Å². The maximum absolute atomic E-state index is 12.7. The second-order valence-electron chi connectivity index (χ2n) is 6.17. The Labute approximate surface area is 136 Å². The smallest absolute Gasteiger partial charge is 0.322 e. The normalized spacial score (nSPS) is 17.0. The molecule has 1 aromatic heterocycles. The molecule has 0 radical (unpaired) electrons. The topological polar surface area (TPSA) is 46.5 Å². The monoisotopic (exact) mass is 313 g/mol. The van der Waals surface area contributed by atoms with Gasteiger partial charge in [0.15, 0.2) is 0 Å². The molecule has 0 spiro atoms. The fourth-order valence-corrected chi connectivity index (χ4v) is 3.21. The molecule has 0 saturated heterocycles. The van der Waals surface area contributed by atoms with Crippen molar-refractivity contribution in [1.82, 2.24) is 9.47 Å². The Hall–Kier alpha value is -2.43. The Morgan fingerprint density at radius 2 is 1.96 bits per heavy atom. The molecular weight excluding hydrogens is 290 g/mol. The molecule has 0 aliphatic carbocycles. The summed E-state index contributed by atoms with van der Waals surface area (Å²) in [5, 5.41) is 2.99. The van der Waals surface area contributed by atoms with E-state index in [1.165, 1.54) is 5.69 Å². The number of aromatic nitrogens is 1. The van der Waals surface area contributed by atoms with E-state index in [1.807, 2.05) is 29.2 Å². The van der Waals surface area contributed by atoms with E-state index in [0.29, 0.717) is 12.5 Å². The third-order valence-corrected chi connectivity index (χ3v) is 4.32.